The lowest BCUT2D eigenvalue weighted by Gasteiger charge is -2.18. The van der Waals surface area contributed by atoms with Gasteiger partial charge in [0.1, 0.15) is 5.75 Å². The summed E-state index contributed by atoms with van der Waals surface area (Å²) in [5.74, 6) is 0.899. The molecule has 1 rings (SSSR count). The molecule has 1 unspecified atom stereocenters. The molecule has 0 bridgehead atoms. The topological polar surface area (TPSA) is 18.5 Å². The van der Waals surface area contributed by atoms with Crippen LogP contribution in [0.2, 0.25) is 0 Å². The molecule has 0 N–H and O–H groups in total. The summed E-state index contributed by atoms with van der Waals surface area (Å²) in [6, 6.07) is 8.05. The van der Waals surface area contributed by atoms with Crippen LogP contribution in [0.15, 0.2) is 24.3 Å². The van der Waals surface area contributed by atoms with Crippen LogP contribution in [0.1, 0.15) is 44.3 Å². The number of ether oxygens (including phenoxy) is 2. The van der Waals surface area contributed by atoms with Gasteiger partial charge in [0.15, 0.2) is 0 Å². The van der Waals surface area contributed by atoms with E-state index < -0.39 is 0 Å². The van der Waals surface area contributed by atoms with E-state index in [4.69, 9.17) is 9.47 Å². The lowest BCUT2D eigenvalue weighted by molar-refractivity contribution is 0.0651. The molecule has 0 saturated carbocycles. The summed E-state index contributed by atoms with van der Waals surface area (Å²) in [5.41, 5.74) is 1.12. The highest BCUT2D eigenvalue weighted by molar-refractivity contribution is 9.09. The number of halogens is 1. The van der Waals surface area contributed by atoms with Crippen molar-refractivity contribution >= 4 is 15.9 Å². The van der Waals surface area contributed by atoms with Gasteiger partial charge in [-0.25, -0.2) is 0 Å². The van der Waals surface area contributed by atoms with Crippen LogP contribution in [0.25, 0.3) is 0 Å². The largest absolute Gasteiger partial charge is 0.496 e. The van der Waals surface area contributed by atoms with Gasteiger partial charge >= 0.3 is 0 Å². The quantitative estimate of drug-likeness (QED) is 0.484. The zero-order valence-electron chi connectivity index (χ0n) is 11.3. The Kier molecular flexibility index (Phi) is 8.10. The summed E-state index contributed by atoms with van der Waals surface area (Å²) < 4.78 is 11.3. The summed E-state index contributed by atoms with van der Waals surface area (Å²) in [4.78, 5) is 0. The van der Waals surface area contributed by atoms with E-state index in [1.807, 2.05) is 18.2 Å². The third kappa shape index (κ3) is 4.99. The molecule has 102 valence electrons. The second-order valence-electron chi connectivity index (χ2n) is 4.32. The van der Waals surface area contributed by atoms with E-state index in [1.165, 1.54) is 19.3 Å². The third-order valence-corrected chi connectivity index (χ3v) is 3.53. The van der Waals surface area contributed by atoms with Gasteiger partial charge in [-0.05, 0) is 12.5 Å². The van der Waals surface area contributed by atoms with E-state index >= 15 is 0 Å². The van der Waals surface area contributed by atoms with E-state index in [0.29, 0.717) is 0 Å². The minimum atomic E-state index is 0.0720. The third-order valence-electron chi connectivity index (χ3n) is 2.94. The van der Waals surface area contributed by atoms with Crippen molar-refractivity contribution in [2.45, 2.75) is 38.7 Å². The Labute approximate surface area is 119 Å². The monoisotopic (exact) mass is 314 g/mol. The van der Waals surface area contributed by atoms with E-state index in [2.05, 4.69) is 28.9 Å². The van der Waals surface area contributed by atoms with Gasteiger partial charge in [0.05, 0.1) is 13.2 Å². The van der Waals surface area contributed by atoms with Gasteiger partial charge in [-0.15, -0.1) is 0 Å². The van der Waals surface area contributed by atoms with E-state index in [0.717, 1.165) is 29.7 Å². The number of benzene rings is 1. The second kappa shape index (κ2) is 9.40. The standard InChI is InChI=1S/C15H23BrO2/c1-3-4-5-8-11-18-15(12-16)13-9-6-7-10-14(13)17-2/h6-7,9-10,15H,3-5,8,11-12H2,1-2H3. The highest BCUT2D eigenvalue weighted by Gasteiger charge is 2.14. The van der Waals surface area contributed by atoms with Gasteiger partial charge in [0.2, 0.25) is 0 Å². The molecule has 1 aromatic rings. The SMILES string of the molecule is CCCCCCOC(CBr)c1ccccc1OC. The highest BCUT2D eigenvalue weighted by atomic mass is 79.9. The molecular formula is C15H23BrO2. The predicted molar refractivity (Wildman–Crippen MR) is 79.6 cm³/mol. The van der Waals surface area contributed by atoms with Crippen molar-refractivity contribution in [2.24, 2.45) is 0 Å². The van der Waals surface area contributed by atoms with Crippen LogP contribution in [0.3, 0.4) is 0 Å². The van der Waals surface area contributed by atoms with Gasteiger partial charge in [-0.2, -0.15) is 0 Å². The van der Waals surface area contributed by atoms with Gasteiger partial charge in [-0.1, -0.05) is 60.3 Å². The fourth-order valence-electron chi connectivity index (χ4n) is 1.90. The molecule has 0 saturated heterocycles. The molecule has 0 aliphatic heterocycles. The molecule has 1 aromatic carbocycles. The predicted octanol–water partition coefficient (Wildman–Crippen LogP) is 4.73. The highest BCUT2D eigenvalue weighted by Crippen LogP contribution is 2.28. The zero-order valence-corrected chi connectivity index (χ0v) is 12.9. The van der Waals surface area contributed by atoms with Crippen molar-refractivity contribution < 1.29 is 9.47 Å². The Bertz CT molecular complexity index is 328. The molecule has 0 aliphatic rings. The first-order chi connectivity index (χ1) is 8.83. The average molecular weight is 315 g/mol. The van der Waals surface area contributed by atoms with Gasteiger partial charge < -0.3 is 9.47 Å². The van der Waals surface area contributed by atoms with Crippen LogP contribution in [0.5, 0.6) is 5.75 Å². The van der Waals surface area contributed by atoms with E-state index in [-0.39, 0.29) is 6.10 Å². The summed E-state index contributed by atoms with van der Waals surface area (Å²) in [6.07, 6.45) is 5.00. The lowest BCUT2D eigenvalue weighted by Crippen LogP contribution is -2.08. The summed E-state index contributed by atoms with van der Waals surface area (Å²) in [6.45, 7) is 3.03. The molecule has 0 aliphatic carbocycles. The molecule has 18 heavy (non-hydrogen) atoms. The molecule has 0 amide bonds. The first-order valence-electron chi connectivity index (χ1n) is 6.64. The molecule has 0 radical (unpaired) electrons. The molecule has 0 heterocycles. The number of alkyl halides is 1. The maximum Gasteiger partial charge on any atom is 0.124 e. The van der Waals surface area contributed by atoms with Crippen LogP contribution in [-0.2, 0) is 4.74 Å². The number of hydrogen-bond acceptors (Lipinski definition) is 2. The van der Waals surface area contributed by atoms with Crippen LogP contribution < -0.4 is 4.74 Å². The van der Waals surface area contributed by atoms with Crippen molar-refractivity contribution in [3.05, 3.63) is 29.8 Å². The van der Waals surface area contributed by atoms with Crippen molar-refractivity contribution in [3.8, 4) is 5.75 Å². The summed E-state index contributed by atoms with van der Waals surface area (Å²) in [5, 5.41) is 0.793. The lowest BCUT2D eigenvalue weighted by atomic mass is 10.1. The van der Waals surface area contributed by atoms with Crippen LogP contribution in [-0.4, -0.2) is 19.0 Å². The number of hydrogen-bond donors (Lipinski definition) is 0. The van der Waals surface area contributed by atoms with Gasteiger partial charge in [0, 0.05) is 17.5 Å². The fourth-order valence-corrected chi connectivity index (χ4v) is 2.44. The molecule has 2 nitrogen and oxygen atoms in total. The average Bonchev–Trinajstić information content (AvgIpc) is 2.43. The van der Waals surface area contributed by atoms with E-state index in [9.17, 15) is 0 Å². The number of unbranched alkanes of at least 4 members (excludes halogenated alkanes) is 3. The van der Waals surface area contributed by atoms with E-state index in [1.54, 1.807) is 7.11 Å². The Balaban J connectivity index is 2.49. The first kappa shape index (κ1) is 15.5. The van der Waals surface area contributed by atoms with Crippen molar-refractivity contribution in [2.75, 3.05) is 19.0 Å². The van der Waals surface area contributed by atoms with Crippen LogP contribution >= 0.6 is 15.9 Å². The van der Waals surface area contributed by atoms with Crippen LogP contribution in [0.4, 0.5) is 0 Å². The molecular weight excluding hydrogens is 292 g/mol. The minimum Gasteiger partial charge on any atom is -0.496 e. The normalized spacial score (nSPS) is 12.4. The maximum atomic E-state index is 5.94. The molecule has 0 aromatic heterocycles. The smallest absolute Gasteiger partial charge is 0.124 e. The van der Waals surface area contributed by atoms with Crippen molar-refractivity contribution in [1.29, 1.82) is 0 Å². The number of rotatable bonds is 9. The Morgan fingerprint density at radius 1 is 1.17 bits per heavy atom. The summed E-state index contributed by atoms with van der Waals surface area (Å²) in [7, 11) is 1.70. The van der Waals surface area contributed by atoms with Crippen molar-refractivity contribution in [1.82, 2.24) is 0 Å². The minimum absolute atomic E-state index is 0.0720. The number of methoxy groups -OCH3 is 1. The van der Waals surface area contributed by atoms with Crippen LogP contribution in [0, 0.1) is 0 Å². The van der Waals surface area contributed by atoms with Gasteiger partial charge in [-0.3, -0.25) is 0 Å². The maximum absolute atomic E-state index is 5.94. The molecule has 0 fully saturated rings. The molecule has 3 heteroatoms. The summed E-state index contributed by atoms with van der Waals surface area (Å²) >= 11 is 3.52. The van der Waals surface area contributed by atoms with Gasteiger partial charge in [0.25, 0.3) is 0 Å². The van der Waals surface area contributed by atoms with Crippen molar-refractivity contribution in [3.63, 3.8) is 0 Å². The zero-order chi connectivity index (χ0) is 13.2. The Morgan fingerprint density at radius 3 is 2.61 bits per heavy atom. The number of para-hydroxylation sites is 1. The first-order valence-corrected chi connectivity index (χ1v) is 7.76. The Morgan fingerprint density at radius 2 is 1.94 bits per heavy atom. The second-order valence-corrected chi connectivity index (χ2v) is 4.96. The Hall–Kier alpha value is -0.540. The fraction of sp³-hybridized carbons (Fsp3) is 0.600. The molecule has 0 spiro atoms. The molecule has 1 atom stereocenters.